The number of ether oxygens (including phenoxy) is 1. The van der Waals surface area contributed by atoms with Crippen LogP contribution in [0, 0.1) is 0 Å². The zero-order chi connectivity index (χ0) is 17.5. The van der Waals surface area contributed by atoms with Gasteiger partial charge in [0.1, 0.15) is 18.4 Å². The lowest BCUT2D eigenvalue weighted by Crippen LogP contribution is -2.34. The van der Waals surface area contributed by atoms with Crippen molar-refractivity contribution in [2.24, 2.45) is 0 Å². The summed E-state index contributed by atoms with van der Waals surface area (Å²) < 4.78 is 6.80. The first-order chi connectivity index (χ1) is 12.2. The number of anilines is 1. The average Bonchev–Trinajstić information content (AvgIpc) is 3.16. The van der Waals surface area contributed by atoms with E-state index in [1.165, 1.54) is 6.33 Å². The molecular weight excluding hydrogens is 318 g/mol. The third kappa shape index (κ3) is 4.57. The number of urea groups is 1. The topological polar surface area (TPSA) is 81.1 Å². The zero-order valence-electron chi connectivity index (χ0n) is 13.8. The van der Waals surface area contributed by atoms with Crippen LogP contribution in [-0.4, -0.2) is 27.9 Å². The highest BCUT2D eigenvalue weighted by molar-refractivity contribution is 5.89. The summed E-state index contributed by atoms with van der Waals surface area (Å²) in [7, 11) is 1.60. The van der Waals surface area contributed by atoms with Gasteiger partial charge in [-0.2, -0.15) is 5.10 Å². The van der Waals surface area contributed by atoms with Gasteiger partial charge in [-0.05, 0) is 29.8 Å². The van der Waals surface area contributed by atoms with Crippen LogP contribution >= 0.6 is 0 Å². The fourth-order valence-electron chi connectivity index (χ4n) is 2.43. The Balaban J connectivity index is 1.69. The first-order valence-corrected chi connectivity index (χ1v) is 7.83. The lowest BCUT2D eigenvalue weighted by Gasteiger charge is -2.19. The summed E-state index contributed by atoms with van der Waals surface area (Å²) in [5, 5.41) is 9.91. The molecule has 3 rings (SSSR count). The lowest BCUT2D eigenvalue weighted by atomic mass is 10.1. The summed E-state index contributed by atoms with van der Waals surface area (Å²) in [6.45, 7) is 0.486. The summed E-state index contributed by atoms with van der Waals surface area (Å²) >= 11 is 0. The molecule has 7 heteroatoms. The van der Waals surface area contributed by atoms with Crippen molar-refractivity contribution in [3.05, 3.63) is 72.8 Å². The maximum Gasteiger partial charge on any atom is 0.319 e. The molecule has 2 aromatic carbocycles. The van der Waals surface area contributed by atoms with Crippen LogP contribution in [-0.2, 0) is 6.54 Å². The van der Waals surface area contributed by atoms with E-state index in [1.807, 2.05) is 30.3 Å². The minimum absolute atomic E-state index is 0.235. The second kappa shape index (κ2) is 7.96. The predicted octanol–water partition coefficient (Wildman–Crippen LogP) is 2.85. The Bertz CT molecular complexity index is 788. The van der Waals surface area contributed by atoms with E-state index in [1.54, 1.807) is 42.4 Å². The average molecular weight is 337 g/mol. The summed E-state index contributed by atoms with van der Waals surface area (Å²) in [6, 6.07) is 16.4. The largest absolute Gasteiger partial charge is 0.497 e. The smallest absolute Gasteiger partial charge is 0.319 e. The van der Waals surface area contributed by atoms with Gasteiger partial charge in [-0.3, -0.25) is 4.68 Å². The number of nitrogens with one attached hydrogen (secondary N) is 2. The van der Waals surface area contributed by atoms with Gasteiger partial charge in [0.2, 0.25) is 0 Å². The molecule has 0 saturated heterocycles. The van der Waals surface area contributed by atoms with Crippen molar-refractivity contribution in [3.8, 4) is 5.75 Å². The van der Waals surface area contributed by atoms with Crippen LogP contribution in [0.25, 0.3) is 0 Å². The van der Waals surface area contributed by atoms with E-state index in [4.69, 9.17) is 4.74 Å². The third-order valence-corrected chi connectivity index (χ3v) is 3.69. The molecule has 2 N–H and O–H groups in total. The monoisotopic (exact) mass is 337 g/mol. The van der Waals surface area contributed by atoms with E-state index in [0.717, 1.165) is 11.3 Å². The van der Waals surface area contributed by atoms with Crippen LogP contribution in [0.2, 0.25) is 0 Å². The van der Waals surface area contributed by atoms with E-state index < -0.39 is 0 Å². The number of carbonyl (C=O) groups is 1. The van der Waals surface area contributed by atoms with Crippen LogP contribution in [0.15, 0.2) is 67.3 Å². The highest BCUT2D eigenvalue weighted by atomic mass is 16.5. The molecule has 2 amide bonds. The number of hydrogen-bond donors (Lipinski definition) is 2. The molecule has 3 aromatic rings. The van der Waals surface area contributed by atoms with Crippen molar-refractivity contribution in [3.63, 3.8) is 0 Å². The molecule has 0 aliphatic carbocycles. The normalized spacial score (nSPS) is 11.6. The number of benzene rings is 2. The predicted molar refractivity (Wildman–Crippen MR) is 94.4 cm³/mol. The molecule has 0 aliphatic rings. The van der Waals surface area contributed by atoms with Gasteiger partial charge in [0.15, 0.2) is 0 Å². The molecule has 1 heterocycles. The minimum Gasteiger partial charge on any atom is -0.497 e. The van der Waals surface area contributed by atoms with Gasteiger partial charge in [-0.1, -0.05) is 30.3 Å². The fraction of sp³-hybridized carbons (Fsp3) is 0.167. The Labute approximate surface area is 145 Å². The Hall–Kier alpha value is -3.35. The quantitative estimate of drug-likeness (QED) is 0.725. The van der Waals surface area contributed by atoms with Gasteiger partial charge in [-0.15, -0.1) is 0 Å². The summed E-state index contributed by atoms with van der Waals surface area (Å²) in [4.78, 5) is 16.3. The lowest BCUT2D eigenvalue weighted by molar-refractivity contribution is 0.246. The first-order valence-electron chi connectivity index (χ1n) is 7.83. The second-order valence-corrected chi connectivity index (χ2v) is 5.41. The number of carbonyl (C=O) groups excluding carboxylic acids is 1. The number of amides is 2. The van der Waals surface area contributed by atoms with Crippen molar-refractivity contribution in [2.45, 2.75) is 12.6 Å². The molecule has 0 radical (unpaired) electrons. The van der Waals surface area contributed by atoms with E-state index in [2.05, 4.69) is 20.7 Å². The Morgan fingerprint density at radius 1 is 1.16 bits per heavy atom. The molecule has 0 fully saturated rings. The molecule has 1 aromatic heterocycles. The SMILES string of the molecule is COc1ccc(NC(=O)N[C@H](Cn2cncn2)c2ccccc2)cc1. The Morgan fingerprint density at radius 2 is 1.92 bits per heavy atom. The van der Waals surface area contributed by atoms with Gasteiger partial charge in [0, 0.05) is 5.69 Å². The van der Waals surface area contributed by atoms with Gasteiger partial charge < -0.3 is 15.4 Å². The van der Waals surface area contributed by atoms with Gasteiger partial charge in [-0.25, -0.2) is 9.78 Å². The van der Waals surface area contributed by atoms with Gasteiger partial charge >= 0.3 is 6.03 Å². The van der Waals surface area contributed by atoms with E-state index >= 15 is 0 Å². The first kappa shape index (κ1) is 16.5. The minimum atomic E-state index is -0.292. The van der Waals surface area contributed by atoms with Crippen molar-refractivity contribution in [2.75, 3.05) is 12.4 Å². The molecule has 0 unspecified atom stereocenters. The van der Waals surface area contributed by atoms with Gasteiger partial charge in [0.25, 0.3) is 0 Å². The second-order valence-electron chi connectivity index (χ2n) is 5.41. The molecule has 1 atom stereocenters. The summed E-state index contributed by atoms with van der Waals surface area (Å²) in [5.74, 6) is 0.735. The zero-order valence-corrected chi connectivity index (χ0v) is 13.8. The maximum absolute atomic E-state index is 12.4. The molecule has 0 aliphatic heterocycles. The van der Waals surface area contributed by atoms with E-state index in [-0.39, 0.29) is 12.1 Å². The number of methoxy groups -OCH3 is 1. The molecular formula is C18H19N5O2. The van der Waals surface area contributed by atoms with Crippen LogP contribution < -0.4 is 15.4 Å². The van der Waals surface area contributed by atoms with E-state index in [0.29, 0.717) is 12.2 Å². The molecule has 0 bridgehead atoms. The summed E-state index contributed by atoms with van der Waals surface area (Å²) in [6.07, 6.45) is 3.10. The van der Waals surface area contributed by atoms with E-state index in [9.17, 15) is 4.79 Å². The van der Waals surface area contributed by atoms with Crippen molar-refractivity contribution < 1.29 is 9.53 Å². The maximum atomic E-state index is 12.4. The standard InChI is InChI=1S/C18H19N5O2/c1-25-16-9-7-15(8-10-16)21-18(24)22-17(11-23-13-19-12-20-23)14-5-3-2-4-6-14/h2-10,12-13,17H,11H2,1H3,(H2,21,22,24)/t17-/m1/s1. The molecule has 0 spiro atoms. The molecule has 25 heavy (non-hydrogen) atoms. The van der Waals surface area contributed by atoms with Crippen LogP contribution in [0.1, 0.15) is 11.6 Å². The highest BCUT2D eigenvalue weighted by Gasteiger charge is 2.15. The fourth-order valence-corrected chi connectivity index (χ4v) is 2.43. The Kier molecular flexibility index (Phi) is 5.26. The van der Waals surface area contributed by atoms with Crippen LogP contribution in [0.4, 0.5) is 10.5 Å². The van der Waals surface area contributed by atoms with Crippen molar-refractivity contribution >= 4 is 11.7 Å². The van der Waals surface area contributed by atoms with Crippen molar-refractivity contribution in [1.29, 1.82) is 0 Å². The molecule has 7 nitrogen and oxygen atoms in total. The van der Waals surface area contributed by atoms with Crippen LogP contribution in [0.3, 0.4) is 0 Å². The van der Waals surface area contributed by atoms with Crippen molar-refractivity contribution in [1.82, 2.24) is 20.1 Å². The molecule has 0 saturated carbocycles. The molecule has 128 valence electrons. The number of hydrogen-bond acceptors (Lipinski definition) is 4. The Morgan fingerprint density at radius 3 is 2.56 bits per heavy atom. The highest BCUT2D eigenvalue weighted by Crippen LogP contribution is 2.17. The van der Waals surface area contributed by atoms with Crippen LogP contribution in [0.5, 0.6) is 5.75 Å². The number of aromatic nitrogens is 3. The summed E-state index contributed by atoms with van der Waals surface area (Å²) in [5.41, 5.74) is 1.67. The van der Waals surface area contributed by atoms with Gasteiger partial charge in [0.05, 0.1) is 19.7 Å². The number of rotatable bonds is 6. The third-order valence-electron chi connectivity index (χ3n) is 3.69. The number of nitrogens with zero attached hydrogens (tertiary/aromatic N) is 3.